The van der Waals surface area contributed by atoms with E-state index in [1.807, 2.05) is 36.4 Å². The summed E-state index contributed by atoms with van der Waals surface area (Å²) in [6.45, 7) is 0.237. The molecule has 28 heavy (non-hydrogen) atoms. The SMILES string of the molecule is CN(c1ccccc1)S(=O)(=O)c1ccc(C(=O)NOCc2ccccc2)cc1. The van der Waals surface area contributed by atoms with E-state index in [4.69, 9.17) is 4.84 Å². The zero-order valence-electron chi connectivity index (χ0n) is 15.3. The number of nitrogens with zero attached hydrogens (tertiary/aromatic N) is 1. The lowest BCUT2D eigenvalue weighted by Gasteiger charge is -2.19. The topological polar surface area (TPSA) is 75.7 Å². The molecular weight excluding hydrogens is 376 g/mol. The molecule has 0 radical (unpaired) electrons. The maximum absolute atomic E-state index is 12.7. The zero-order chi connectivity index (χ0) is 20.0. The van der Waals surface area contributed by atoms with Crippen LogP contribution in [0.4, 0.5) is 5.69 Å². The van der Waals surface area contributed by atoms with Crippen LogP contribution in [0, 0.1) is 0 Å². The first-order chi connectivity index (χ1) is 13.5. The predicted octanol–water partition coefficient (Wildman–Crippen LogP) is 3.37. The molecule has 3 rings (SSSR count). The molecule has 0 atom stereocenters. The van der Waals surface area contributed by atoms with Gasteiger partial charge in [-0.25, -0.2) is 13.9 Å². The Morgan fingerprint density at radius 3 is 2.07 bits per heavy atom. The van der Waals surface area contributed by atoms with Crippen molar-refractivity contribution < 1.29 is 18.0 Å². The molecule has 1 N–H and O–H groups in total. The monoisotopic (exact) mass is 396 g/mol. The standard InChI is InChI=1S/C21H20N2O4S/c1-23(19-10-6-3-7-11-19)28(25,26)20-14-12-18(13-15-20)21(24)22-27-16-17-8-4-2-5-9-17/h2-15H,16H2,1H3,(H,22,24). The fraction of sp³-hybridized carbons (Fsp3) is 0.0952. The molecule has 3 aromatic carbocycles. The van der Waals surface area contributed by atoms with Crippen molar-refractivity contribution in [1.29, 1.82) is 0 Å². The molecule has 0 aromatic heterocycles. The highest BCUT2D eigenvalue weighted by Crippen LogP contribution is 2.21. The minimum atomic E-state index is -3.72. The van der Waals surface area contributed by atoms with E-state index in [1.165, 1.54) is 35.6 Å². The van der Waals surface area contributed by atoms with E-state index < -0.39 is 15.9 Å². The molecule has 0 saturated heterocycles. The van der Waals surface area contributed by atoms with Crippen molar-refractivity contribution in [2.75, 3.05) is 11.4 Å². The molecule has 3 aromatic rings. The first kappa shape index (κ1) is 19.6. The van der Waals surface area contributed by atoms with E-state index in [0.29, 0.717) is 11.3 Å². The number of carbonyl (C=O) groups excluding carboxylic acids is 1. The van der Waals surface area contributed by atoms with Gasteiger partial charge in [0, 0.05) is 12.6 Å². The van der Waals surface area contributed by atoms with E-state index >= 15 is 0 Å². The summed E-state index contributed by atoms with van der Waals surface area (Å²) >= 11 is 0. The molecule has 0 aliphatic rings. The Morgan fingerprint density at radius 1 is 0.893 bits per heavy atom. The smallest absolute Gasteiger partial charge is 0.269 e. The van der Waals surface area contributed by atoms with Crippen molar-refractivity contribution in [2.24, 2.45) is 0 Å². The Morgan fingerprint density at radius 2 is 1.46 bits per heavy atom. The number of anilines is 1. The van der Waals surface area contributed by atoms with Crippen molar-refractivity contribution in [3.63, 3.8) is 0 Å². The average Bonchev–Trinajstić information content (AvgIpc) is 2.74. The summed E-state index contributed by atoms with van der Waals surface area (Å²) in [4.78, 5) is 17.5. The van der Waals surface area contributed by atoms with Gasteiger partial charge in [-0.15, -0.1) is 0 Å². The molecule has 0 bridgehead atoms. The Bertz CT molecular complexity index is 1020. The number of nitrogens with one attached hydrogen (secondary N) is 1. The molecule has 0 heterocycles. The van der Waals surface area contributed by atoms with Gasteiger partial charge in [-0.1, -0.05) is 48.5 Å². The molecule has 144 valence electrons. The third kappa shape index (κ3) is 4.57. The normalized spacial score (nSPS) is 11.0. The molecule has 0 aliphatic carbocycles. The number of sulfonamides is 1. The van der Waals surface area contributed by atoms with Crippen LogP contribution in [0.3, 0.4) is 0 Å². The van der Waals surface area contributed by atoms with Gasteiger partial charge >= 0.3 is 0 Å². The minimum absolute atomic E-state index is 0.0978. The second-order valence-electron chi connectivity index (χ2n) is 6.04. The minimum Gasteiger partial charge on any atom is -0.269 e. The predicted molar refractivity (Wildman–Crippen MR) is 107 cm³/mol. The number of rotatable bonds is 7. The van der Waals surface area contributed by atoms with Crippen LogP contribution in [0.2, 0.25) is 0 Å². The van der Waals surface area contributed by atoms with Crippen LogP contribution >= 0.6 is 0 Å². The van der Waals surface area contributed by atoms with Crippen LogP contribution in [0.25, 0.3) is 0 Å². The van der Waals surface area contributed by atoms with Gasteiger partial charge in [0.05, 0.1) is 17.2 Å². The Kier molecular flexibility index (Phi) is 6.08. The van der Waals surface area contributed by atoms with E-state index in [1.54, 1.807) is 24.3 Å². The van der Waals surface area contributed by atoms with Crippen LogP contribution in [0.5, 0.6) is 0 Å². The molecule has 0 aliphatic heterocycles. The van der Waals surface area contributed by atoms with Crippen LogP contribution < -0.4 is 9.79 Å². The van der Waals surface area contributed by atoms with Crippen molar-refractivity contribution in [2.45, 2.75) is 11.5 Å². The quantitative estimate of drug-likeness (QED) is 0.621. The van der Waals surface area contributed by atoms with Gasteiger partial charge in [0.1, 0.15) is 0 Å². The number of hydrogen-bond acceptors (Lipinski definition) is 4. The van der Waals surface area contributed by atoms with Crippen LogP contribution in [0.1, 0.15) is 15.9 Å². The molecule has 7 heteroatoms. The van der Waals surface area contributed by atoms with Gasteiger partial charge < -0.3 is 0 Å². The number of hydrogen-bond donors (Lipinski definition) is 1. The molecular formula is C21H20N2O4S. The van der Waals surface area contributed by atoms with Gasteiger partial charge in [-0.2, -0.15) is 0 Å². The Hall–Kier alpha value is -3.16. The highest BCUT2D eigenvalue weighted by atomic mass is 32.2. The molecule has 0 fully saturated rings. The van der Waals surface area contributed by atoms with Crippen molar-refractivity contribution in [3.05, 3.63) is 96.1 Å². The highest BCUT2D eigenvalue weighted by molar-refractivity contribution is 7.92. The van der Waals surface area contributed by atoms with E-state index in [2.05, 4.69) is 5.48 Å². The van der Waals surface area contributed by atoms with Crippen molar-refractivity contribution in [3.8, 4) is 0 Å². The lowest BCUT2D eigenvalue weighted by molar-refractivity contribution is 0.0233. The molecule has 0 spiro atoms. The van der Waals surface area contributed by atoms with E-state index in [0.717, 1.165) is 5.56 Å². The van der Waals surface area contributed by atoms with Gasteiger partial charge in [-0.3, -0.25) is 13.9 Å². The Balaban J connectivity index is 1.64. The summed E-state index contributed by atoms with van der Waals surface area (Å²) in [7, 11) is -2.23. The van der Waals surface area contributed by atoms with Gasteiger partial charge in [0.25, 0.3) is 15.9 Å². The summed E-state index contributed by atoms with van der Waals surface area (Å²) in [6, 6.07) is 23.9. The van der Waals surface area contributed by atoms with Crippen LogP contribution in [-0.4, -0.2) is 21.4 Å². The summed E-state index contributed by atoms with van der Waals surface area (Å²) in [5, 5.41) is 0. The summed E-state index contributed by atoms with van der Waals surface area (Å²) < 4.78 is 26.7. The summed E-state index contributed by atoms with van der Waals surface area (Å²) in [6.07, 6.45) is 0. The van der Waals surface area contributed by atoms with Crippen molar-refractivity contribution >= 4 is 21.6 Å². The molecule has 6 nitrogen and oxygen atoms in total. The molecule has 0 saturated carbocycles. The van der Waals surface area contributed by atoms with Crippen LogP contribution in [-0.2, 0) is 21.5 Å². The van der Waals surface area contributed by atoms with E-state index in [9.17, 15) is 13.2 Å². The van der Waals surface area contributed by atoms with Crippen molar-refractivity contribution in [1.82, 2.24) is 5.48 Å². The first-order valence-electron chi connectivity index (χ1n) is 8.58. The zero-order valence-corrected chi connectivity index (χ0v) is 16.1. The molecule has 1 amide bonds. The van der Waals surface area contributed by atoms with Gasteiger partial charge in [0.15, 0.2) is 0 Å². The number of hydroxylamine groups is 1. The van der Waals surface area contributed by atoms with Gasteiger partial charge in [-0.05, 0) is 42.0 Å². The van der Waals surface area contributed by atoms with Gasteiger partial charge in [0.2, 0.25) is 0 Å². The number of benzene rings is 3. The lowest BCUT2D eigenvalue weighted by Crippen LogP contribution is -2.27. The second kappa shape index (κ2) is 8.69. The molecule has 0 unspecified atom stereocenters. The maximum Gasteiger partial charge on any atom is 0.274 e. The number of carbonyl (C=O) groups is 1. The third-order valence-corrected chi connectivity index (χ3v) is 5.94. The van der Waals surface area contributed by atoms with Crippen LogP contribution in [0.15, 0.2) is 89.8 Å². The highest BCUT2D eigenvalue weighted by Gasteiger charge is 2.21. The second-order valence-corrected chi connectivity index (χ2v) is 8.01. The third-order valence-electron chi connectivity index (χ3n) is 4.14. The number of amides is 1. The summed E-state index contributed by atoms with van der Waals surface area (Å²) in [5.41, 5.74) is 4.13. The maximum atomic E-state index is 12.7. The largest absolute Gasteiger partial charge is 0.274 e. The first-order valence-corrected chi connectivity index (χ1v) is 10.0. The summed E-state index contributed by atoms with van der Waals surface area (Å²) in [5.74, 6) is -0.448. The van der Waals surface area contributed by atoms with E-state index in [-0.39, 0.29) is 11.5 Å². The fourth-order valence-corrected chi connectivity index (χ4v) is 3.73. The Labute approximate surface area is 164 Å². The number of para-hydroxylation sites is 1. The lowest BCUT2D eigenvalue weighted by atomic mass is 10.2. The average molecular weight is 396 g/mol. The fourth-order valence-electron chi connectivity index (χ4n) is 2.53.